The van der Waals surface area contributed by atoms with E-state index in [-0.39, 0.29) is 5.69 Å². The zero-order chi connectivity index (χ0) is 13.1. The standard InChI is InChI=1S/C12H10FN3O2/c1-7-4-8(13)6-9(5-7)14-12(18)10-2-3-11(17)16-15-10/h2-6H,1H3,(H,14,18)(H,16,17). The third kappa shape index (κ3) is 2.79. The summed E-state index contributed by atoms with van der Waals surface area (Å²) in [5.41, 5.74) is 0.690. The zero-order valence-corrected chi connectivity index (χ0v) is 9.53. The van der Waals surface area contributed by atoms with Crippen molar-refractivity contribution in [3.05, 3.63) is 57.8 Å². The largest absolute Gasteiger partial charge is 0.320 e. The van der Waals surface area contributed by atoms with E-state index in [2.05, 4.69) is 15.5 Å². The molecule has 0 bridgehead atoms. The van der Waals surface area contributed by atoms with Crippen molar-refractivity contribution < 1.29 is 9.18 Å². The number of hydrogen-bond donors (Lipinski definition) is 2. The Labute approximate surface area is 102 Å². The third-order valence-corrected chi connectivity index (χ3v) is 2.21. The molecule has 0 atom stereocenters. The molecular weight excluding hydrogens is 237 g/mol. The van der Waals surface area contributed by atoms with Gasteiger partial charge in [-0.15, -0.1) is 0 Å². The Balaban J connectivity index is 2.21. The maximum absolute atomic E-state index is 13.1. The number of nitrogens with zero attached hydrogens (tertiary/aromatic N) is 1. The van der Waals surface area contributed by atoms with Gasteiger partial charge < -0.3 is 5.32 Å². The number of aromatic amines is 1. The van der Waals surface area contributed by atoms with Crippen LogP contribution in [0.15, 0.2) is 35.1 Å². The van der Waals surface area contributed by atoms with Crippen LogP contribution in [0.1, 0.15) is 16.1 Å². The van der Waals surface area contributed by atoms with E-state index in [9.17, 15) is 14.0 Å². The van der Waals surface area contributed by atoms with Crippen LogP contribution in [-0.4, -0.2) is 16.1 Å². The van der Waals surface area contributed by atoms with E-state index in [1.54, 1.807) is 13.0 Å². The molecule has 1 amide bonds. The van der Waals surface area contributed by atoms with Gasteiger partial charge in [-0.1, -0.05) is 0 Å². The van der Waals surface area contributed by atoms with Crippen molar-refractivity contribution in [3.8, 4) is 0 Å². The highest BCUT2D eigenvalue weighted by Crippen LogP contribution is 2.13. The summed E-state index contributed by atoms with van der Waals surface area (Å²) in [6, 6.07) is 6.68. The number of anilines is 1. The first-order valence-corrected chi connectivity index (χ1v) is 5.19. The van der Waals surface area contributed by atoms with Crippen molar-refractivity contribution in [1.29, 1.82) is 0 Å². The van der Waals surface area contributed by atoms with Gasteiger partial charge in [0.1, 0.15) is 11.5 Å². The van der Waals surface area contributed by atoms with Gasteiger partial charge in [0.2, 0.25) is 0 Å². The van der Waals surface area contributed by atoms with Crippen LogP contribution in [0.2, 0.25) is 0 Å². The van der Waals surface area contributed by atoms with Crippen molar-refractivity contribution in [2.75, 3.05) is 5.32 Å². The second kappa shape index (κ2) is 4.79. The lowest BCUT2D eigenvalue weighted by Gasteiger charge is -2.05. The van der Waals surface area contributed by atoms with Crippen molar-refractivity contribution in [3.63, 3.8) is 0 Å². The highest BCUT2D eigenvalue weighted by molar-refractivity contribution is 6.02. The first-order chi connectivity index (χ1) is 8.54. The molecule has 6 heteroatoms. The van der Waals surface area contributed by atoms with Crippen molar-refractivity contribution in [1.82, 2.24) is 10.2 Å². The second-order valence-electron chi connectivity index (χ2n) is 3.78. The van der Waals surface area contributed by atoms with Crippen LogP contribution in [-0.2, 0) is 0 Å². The predicted octanol–water partition coefficient (Wildman–Crippen LogP) is 1.47. The molecule has 5 nitrogen and oxygen atoms in total. The normalized spacial score (nSPS) is 10.1. The fourth-order valence-electron chi connectivity index (χ4n) is 1.47. The minimum absolute atomic E-state index is 0.0523. The smallest absolute Gasteiger partial charge is 0.276 e. The summed E-state index contributed by atoms with van der Waals surface area (Å²) in [7, 11) is 0. The molecule has 1 aromatic carbocycles. The van der Waals surface area contributed by atoms with Crippen LogP contribution in [0.3, 0.4) is 0 Å². The molecule has 1 aromatic heterocycles. The van der Waals surface area contributed by atoms with Gasteiger partial charge in [-0.25, -0.2) is 9.49 Å². The summed E-state index contributed by atoms with van der Waals surface area (Å²) in [4.78, 5) is 22.5. The average molecular weight is 247 g/mol. The zero-order valence-electron chi connectivity index (χ0n) is 9.53. The summed E-state index contributed by atoms with van der Waals surface area (Å²) >= 11 is 0. The van der Waals surface area contributed by atoms with Crippen molar-refractivity contribution >= 4 is 11.6 Å². The van der Waals surface area contributed by atoms with Gasteiger partial charge in [0, 0.05) is 11.8 Å². The SMILES string of the molecule is Cc1cc(F)cc(NC(=O)c2ccc(=O)[nH]n2)c1. The second-order valence-corrected chi connectivity index (χ2v) is 3.78. The molecule has 0 spiro atoms. The maximum atomic E-state index is 13.1. The van der Waals surface area contributed by atoms with Gasteiger partial charge in [0.05, 0.1) is 0 Å². The number of aryl methyl sites for hydroxylation is 1. The number of H-pyrrole nitrogens is 1. The van der Waals surface area contributed by atoms with E-state index in [1.165, 1.54) is 24.3 Å². The number of aromatic nitrogens is 2. The Morgan fingerprint density at radius 1 is 1.33 bits per heavy atom. The van der Waals surface area contributed by atoms with E-state index in [4.69, 9.17) is 0 Å². The fourth-order valence-corrected chi connectivity index (χ4v) is 1.47. The Hall–Kier alpha value is -2.50. The Morgan fingerprint density at radius 3 is 2.72 bits per heavy atom. The highest BCUT2D eigenvalue weighted by Gasteiger charge is 2.08. The number of amides is 1. The van der Waals surface area contributed by atoms with Crippen LogP contribution in [0.4, 0.5) is 10.1 Å². The van der Waals surface area contributed by atoms with Crippen LogP contribution in [0, 0.1) is 12.7 Å². The van der Waals surface area contributed by atoms with E-state index in [1.807, 2.05) is 0 Å². The van der Waals surface area contributed by atoms with E-state index < -0.39 is 17.3 Å². The quantitative estimate of drug-likeness (QED) is 0.843. The Morgan fingerprint density at radius 2 is 2.11 bits per heavy atom. The maximum Gasteiger partial charge on any atom is 0.276 e. The molecule has 0 fully saturated rings. The molecule has 2 rings (SSSR count). The molecule has 18 heavy (non-hydrogen) atoms. The minimum Gasteiger partial charge on any atom is -0.320 e. The number of benzene rings is 1. The Bertz CT molecular complexity index is 611. The Kier molecular flexibility index (Phi) is 3.18. The van der Waals surface area contributed by atoms with Gasteiger partial charge in [-0.3, -0.25) is 9.59 Å². The first kappa shape index (κ1) is 12.0. The molecule has 1 heterocycles. The first-order valence-electron chi connectivity index (χ1n) is 5.19. The predicted molar refractivity (Wildman–Crippen MR) is 63.9 cm³/mol. The number of carbonyl (C=O) groups is 1. The lowest BCUT2D eigenvalue weighted by Crippen LogP contribution is -2.17. The summed E-state index contributed by atoms with van der Waals surface area (Å²) in [6.07, 6.45) is 0. The van der Waals surface area contributed by atoms with Crippen LogP contribution >= 0.6 is 0 Å². The van der Waals surface area contributed by atoms with Gasteiger partial charge in [0.25, 0.3) is 11.5 Å². The van der Waals surface area contributed by atoms with Gasteiger partial charge in [0.15, 0.2) is 0 Å². The molecular formula is C12H10FN3O2. The molecule has 0 aliphatic rings. The lowest BCUT2D eigenvalue weighted by molar-refractivity contribution is 0.102. The average Bonchev–Trinajstić information content (AvgIpc) is 2.28. The summed E-state index contributed by atoms with van der Waals surface area (Å²) in [5, 5.41) is 8.22. The van der Waals surface area contributed by atoms with Crippen molar-refractivity contribution in [2.24, 2.45) is 0 Å². The van der Waals surface area contributed by atoms with Gasteiger partial charge >= 0.3 is 0 Å². The molecule has 0 radical (unpaired) electrons. The molecule has 2 aromatic rings. The fraction of sp³-hybridized carbons (Fsp3) is 0.0833. The number of nitrogens with one attached hydrogen (secondary N) is 2. The van der Waals surface area contributed by atoms with Crippen LogP contribution in [0.25, 0.3) is 0 Å². The number of rotatable bonds is 2. The van der Waals surface area contributed by atoms with Gasteiger partial charge in [-0.2, -0.15) is 5.10 Å². The number of halogens is 1. The van der Waals surface area contributed by atoms with Crippen LogP contribution < -0.4 is 10.9 Å². The molecule has 0 saturated carbocycles. The molecule has 0 unspecified atom stereocenters. The highest BCUT2D eigenvalue weighted by atomic mass is 19.1. The van der Waals surface area contributed by atoms with E-state index in [0.717, 1.165) is 0 Å². The van der Waals surface area contributed by atoms with E-state index in [0.29, 0.717) is 11.3 Å². The molecule has 92 valence electrons. The minimum atomic E-state index is -0.517. The summed E-state index contributed by atoms with van der Waals surface area (Å²) < 4.78 is 13.1. The third-order valence-electron chi connectivity index (χ3n) is 2.21. The molecule has 2 N–H and O–H groups in total. The molecule has 0 aliphatic heterocycles. The number of hydrogen-bond acceptors (Lipinski definition) is 3. The summed E-state index contributed by atoms with van der Waals surface area (Å²) in [6.45, 7) is 1.72. The molecule has 0 saturated heterocycles. The van der Waals surface area contributed by atoms with Crippen LogP contribution in [0.5, 0.6) is 0 Å². The summed E-state index contributed by atoms with van der Waals surface area (Å²) in [5.74, 6) is -0.948. The van der Waals surface area contributed by atoms with Crippen molar-refractivity contribution in [2.45, 2.75) is 6.92 Å². The molecule has 0 aliphatic carbocycles. The number of carbonyl (C=O) groups excluding carboxylic acids is 1. The monoisotopic (exact) mass is 247 g/mol. The van der Waals surface area contributed by atoms with E-state index >= 15 is 0 Å². The van der Waals surface area contributed by atoms with Gasteiger partial charge in [-0.05, 0) is 36.8 Å². The topological polar surface area (TPSA) is 74.8 Å². The lowest BCUT2D eigenvalue weighted by atomic mass is 10.2.